The molecule has 1 fully saturated rings. The molecule has 0 saturated carbocycles. The van der Waals surface area contributed by atoms with Crippen LogP contribution < -0.4 is 5.32 Å². The van der Waals surface area contributed by atoms with Gasteiger partial charge in [0.15, 0.2) is 5.82 Å². The Bertz CT molecular complexity index is 376. The summed E-state index contributed by atoms with van der Waals surface area (Å²) in [6, 6.07) is 0. The molecule has 1 N–H and O–H groups in total. The third-order valence-corrected chi connectivity index (χ3v) is 3.97. The number of aromatic nitrogens is 3. The molecule has 16 heavy (non-hydrogen) atoms. The molecule has 0 amide bonds. The lowest BCUT2D eigenvalue weighted by molar-refractivity contribution is 0.382. The Morgan fingerprint density at radius 2 is 2.12 bits per heavy atom. The van der Waals surface area contributed by atoms with E-state index in [0.29, 0.717) is 0 Å². The predicted molar refractivity (Wildman–Crippen MR) is 62.2 cm³/mol. The quantitative estimate of drug-likeness (QED) is 0.781. The van der Waals surface area contributed by atoms with Crippen molar-refractivity contribution in [3.63, 3.8) is 0 Å². The fourth-order valence-corrected chi connectivity index (χ4v) is 2.98. The second-order valence-corrected chi connectivity index (χ2v) is 5.26. The van der Waals surface area contributed by atoms with Crippen molar-refractivity contribution in [2.24, 2.45) is 0 Å². The van der Waals surface area contributed by atoms with Gasteiger partial charge >= 0.3 is 0 Å². The Morgan fingerprint density at radius 3 is 2.94 bits per heavy atom. The Hall–Kier alpha value is -0.900. The predicted octanol–water partition coefficient (Wildman–Crippen LogP) is 1.60. The lowest BCUT2D eigenvalue weighted by atomic mass is 9.99. The zero-order valence-corrected chi connectivity index (χ0v) is 10.00. The van der Waals surface area contributed by atoms with Gasteiger partial charge < -0.3 is 9.88 Å². The Labute approximate surface area is 96.4 Å². The number of aryl methyl sites for hydroxylation is 1. The monoisotopic (exact) mass is 220 g/mol. The van der Waals surface area contributed by atoms with Crippen LogP contribution in [-0.2, 0) is 18.5 Å². The van der Waals surface area contributed by atoms with Crippen molar-refractivity contribution in [3.8, 4) is 0 Å². The van der Waals surface area contributed by atoms with E-state index in [0.717, 1.165) is 19.5 Å². The van der Waals surface area contributed by atoms with Crippen molar-refractivity contribution < 1.29 is 0 Å². The van der Waals surface area contributed by atoms with Crippen LogP contribution in [0.25, 0.3) is 0 Å². The fourth-order valence-electron chi connectivity index (χ4n) is 2.98. The SMILES string of the molecule is CC1(c2nnc3n2CCCCC3)CCCN1. The summed E-state index contributed by atoms with van der Waals surface area (Å²) in [5, 5.41) is 12.4. The highest BCUT2D eigenvalue weighted by Gasteiger charge is 2.35. The molecule has 1 aromatic heterocycles. The number of nitrogens with one attached hydrogen (secondary N) is 1. The molecular formula is C12H20N4. The number of hydrogen-bond donors (Lipinski definition) is 1. The number of nitrogens with zero attached hydrogens (tertiary/aromatic N) is 3. The second-order valence-electron chi connectivity index (χ2n) is 5.26. The molecule has 4 nitrogen and oxygen atoms in total. The topological polar surface area (TPSA) is 42.7 Å². The molecule has 1 unspecified atom stereocenters. The summed E-state index contributed by atoms with van der Waals surface area (Å²) in [5.74, 6) is 2.37. The number of hydrogen-bond acceptors (Lipinski definition) is 3. The molecule has 2 aliphatic rings. The molecule has 88 valence electrons. The summed E-state index contributed by atoms with van der Waals surface area (Å²) >= 11 is 0. The van der Waals surface area contributed by atoms with Crippen LogP contribution in [0.1, 0.15) is 50.7 Å². The van der Waals surface area contributed by atoms with Gasteiger partial charge in [-0.3, -0.25) is 0 Å². The number of rotatable bonds is 1. The highest BCUT2D eigenvalue weighted by Crippen LogP contribution is 2.30. The molecule has 0 bridgehead atoms. The molecule has 0 spiro atoms. The summed E-state index contributed by atoms with van der Waals surface area (Å²) in [7, 11) is 0. The maximum absolute atomic E-state index is 4.44. The normalized spacial score (nSPS) is 30.1. The van der Waals surface area contributed by atoms with Crippen LogP contribution in [-0.4, -0.2) is 21.3 Å². The van der Waals surface area contributed by atoms with Crippen molar-refractivity contribution in [2.75, 3.05) is 6.54 Å². The Balaban J connectivity index is 1.98. The highest BCUT2D eigenvalue weighted by molar-refractivity contribution is 5.11. The van der Waals surface area contributed by atoms with E-state index in [-0.39, 0.29) is 5.54 Å². The third kappa shape index (κ3) is 1.56. The van der Waals surface area contributed by atoms with E-state index in [4.69, 9.17) is 0 Å². The third-order valence-electron chi connectivity index (χ3n) is 3.97. The molecule has 3 rings (SSSR count). The van der Waals surface area contributed by atoms with Crippen LogP contribution in [0.15, 0.2) is 0 Å². The summed E-state index contributed by atoms with van der Waals surface area (Å²) in [5.41, 5.74) is 0.0651. The second kappa shape index (κ2) is 3.84. The molecule has 4 heteroatoms. The molecular weight excluding hydrogens is 200 g/mol. The van der Waals surface area contributed by atoms with E-state index in [9.17, 15) is 0 Å². The van der Waals surface area contributed by atoms with E-state index < -0.39 is 0 Å². The maximum Gasteiger partial charge on any atom is 0.153 e. The Kier molecular flexibility index (Phi) is 2.46. The van der Waals surface area contributed by atoms with Crippen LogP contribution in [0.2, 0.25) is 0 Å². The first kappa shape index (κ1) is 10.3. The molecule has 2 aliphatic heterocycles. The van der Waals surface area contributed by atoms with Gasteiger partial charge in [0, 0.05) is 13.0 Å². The zero-order valence-electron chi connectivity index (χ0n) is 10.00. The van der Waals surface area contributed by atoms with Gasteiger partial charge in [-0.2, -0.15) is 0 Å². The van der Waals surface area contributed by atoms with E-state index in [2.05, 4.69) is 27.0 Å². The van der Waals surface area contributed by atoms with E-state index in [1.54, 1.807) is 0 Å². The molecule has 0 aromatic carbocycles. The summed E-state index contributed by atoms with van der Waals surface area (Å²) in [4.78, 5) is 0. The molecule has 0 radical (unpaired) electrons. The van der Waals surface area contributed by atoms with Crippen molar-refractivity contribution >= 4 is 0 Å². The van der Waals surface area contributed by atoms with Crippen LogP contribution in [0, 0.1) is 0 Å². The van der Waals surface area contributed by atoms with Crippen LogP contribution in [0.3, 0.4) is 0 Å². The van der Waals surface area contributed by atoms with E-state index >= 15 is 0 Å². The molecule has 1 atom stereocenters. The highest BCUT2D eigenvalue weighted by atomic mass is 15.3. The van der Waals surface area contributed by atoms with Gasteiger partial charge in [-0.15, -0.1) is 10.2 Å². The molecule has 3 heterocycles. The molecule has 0 aliphatic carbocycles. The smallest absolute Gasteiger partial charge is 0.153 e. The minimum Gasteiger partial charge on any atom is -0.313 e. The van der Waals surface area contributed by atoms with Crippen molar-refractivity contribution in [1.29, 1.82) is 0 Å². The van der Waals surface area contributed by atoms with Gasteiger partial charge in [-0.25, -0.2) is 0 Å². The summed E-state index contributed by atoms with van der Waals surface area (Å²) < 4.78 is 2.37. The first-order chi connectivity index (χ1) is 7.80. The fraction of sp³-hybridized carbons (Fsp3) is 0.833. The lowest BCUT2D eigenvalue weighted by Gasteiger charge is -2.24. The van der Waals surface area contributed by atoms with Crippen molar-refractivity contribution in [1.82, 2.24) is 20.1 Å². The van der Waals surface area contributed by atoms with Gasteiger partial charge in [-0.1, -0.05) is 6.42 Å². The first-order valence-electron chi connectivity index (χ1n) is 6.47. The first-order valence-corrected chi connectivity index (χ1v) is 6.47. The standard InChI is InChI=1S/C12H20N4/c1-12(7-5-8-13-12)11-15-14-10-6-3-2-4-9-16(10)11/h13H,2-9H2,1H3. The maximum atomic E-state index is 4.44. The largest absolute Gasteiger partial charge is 0.313 e. The Morgan fingerprint density at radius 1 is 1.19 bits per heavy atom. The number of fused-ring (bicyclic) bond motifs is 1. The van der Waals surface area contributed by atoms with Gasteiger partial charge in [0.25, 0.3) is 0 Å². The minimum absolute atomic E-state index is 0.0651. The minimum atomic E-state index is 0.0651. The zero-order chi connectivity index (χ0) is 11.0. The van der Waals surface area contributed by atoms with Gasteiger partial charge in [0.1, 0.15) is 5.82 Å². The lowest BCUT2D eigenvalue weighted by Crippen LogP contribution is -2.36. The van der Waals surface area contributed by atoms with Crippen LogP contribution >= 0.6 is 0 Å². The van der Waals surface area contributed by atoms with Crippen molar-refractivity contribution in [2.45, 2.75) is 57.5 Å². The summed E-state index contributed by atoms with van der Waals surface area (Å²) in [6.07, 6.45) is 7.40. The van der Waals surface area contributed by atoms with Gasteiger partial charge in [0.2, 0.25) is 0 Å². The molecule has 1 saturated heterocycles. The van der Waals surface area contributed by atoms with E-state index in [1.165, 1.54) is 43.8 Å². The van der Waals surface area contributed by atoms with E-state index in [1.807, 2.05) is 0 Å². The average Bonchev–Trinajstić information content (AvgIpc) is 2.81. The summed E-state index contributed by atoms with van der Waals surface area (Å²) in [6.45, 7) is 4.48. The van der Waals surface area contributed by atoms with Crippen LogP contribution in [0.5, 0.6) is 0 Å². The molecule has 1 aromatic rings. The average molecular weight is 220 g/mol. The van der Waals surface area contributed by atoms with Crippen molar-refractivity contribution in [3.05, 3.63) is 11.6 Å². The van der Waals surface area contributed by atoms with Crippen LogP contribution in [0.4, 0.5) is 0 Å². The van der Waals surface area contributed by atoms with Gasteiger partial charge in [0.05, 0.1) is 5.54 Å². The van der Waals surface area contributed by atoms with Gasteiger partial charge in [-0.05, 0) is 39.2 Å².